The highest BCUT2D eigenvalue weighted by Crippen LogP contribution is 2.28. The van der Waals surface area contributed by atoms with Crippen molar-refractivity contribution < 1.29 is 9.59 Å². The minimum atomic E-state index is -0.603. The van der Waals surface area contributed by atoms with Crippen LogP contribution in [-0.4, -0.2) is 41.7 Å². The first kappa shape index (κ1) is 24.3. The fourth-order valence-corrected chi connectivity index (χ4v) is 4.16. The van der Waals surface area contributed by atoms with Crippen LogP contribution in [0.25, 0.3) is 0 Å². The maximum atomic E-state index is 13.3. The molecular weight excluding hydrogens is 416 g/mol. The number of carbonyl (C=O) groups is 2. The highest BCUT2D eigenvalue weighted by Gasteiger charge is 2.31. The van der Waals surface area contributed by atoms with Gasteiger partial charge in [-0.1, -0.05) is 55.8 Å². The summed E-state index contributed by atoms with van der Waals surface area (Å²) in [6.45, 7) is 7.34. The minimum absolute atomic E-state index is 0.0368. The zero-order valence-electron chi connectivity index (χ0n) is 19.5. The molecule has 2 aromatic carbocycles. The normalized spacial score (nSPS) is 15.9. The van der Waals surface area contributed by atoms with Crippen molar-refractivity contribution >= 4 is 17.6 Å². The van der Waals surface area contributed by atoms with Gasteiger partial charge >= 0.3 is 0 Å². The van der Waals surface area contributed by atoms with Crippen LogP contribution in [0, 0.1) is 12.8 Å². The van der Waals surface area contributed by atoms with Crippen LogP contribution >= 0.6 is 0 Å². The Balaban J connectivity index is 1.65. The van der Waals surface area contributed by atoms with Gasteiger partial charge in [-0.15, -0.1) is 5.10 Å². The first-order valence-corrected chi connectivity index (χ1v) is 11.4. The molecule has 1 fully saturated rings. The van der Waals surface area contributed by atoms with Gasteiger partial charge in [-0.2, -0.15) is 0 Å². The summed E-state index contributed by atoms with van der Waals surface area (Å²) < 4.78 is 0. The van der Waals surface area contributed by atoms with E-state index in [1.54, 1.807) is 24.3 Å². The van der Waals surface area contributed by atoms with E-state index in [0.29, 0.717) is 30.1 Å². The van der Waals surface area contributed by atoms with Crippen molar-refractivity contribution in [2.24, 2.45) is 22.6 Å². The van der Waals surface area contributed by atoms with E-state index in [-0.39, 0.29) is 23.6 Å². The molecule has 176 valence electrons. The van der Waals surface area contributed by atoms with Gasteiger partial charge in [0.05, 0.1) is 0 Å². The number of amidine groups is 1. The van der Waals surface area contributed by atoms with E-state index in [4.69, 9.17) is 11.6 Å². The summed E-state index contributed by atoms with van der Waals surface area (Å²) in [5, 5.41) is 6.66. The lowest BCUT2D eigenvalue weighted by Crippen LogP contribution is -2.52. The van der Waals surface area contributed by atoms with Crippen LogP contribution in [0.4, 0.5) is 0 Å². The van der Waals surface area contributed by atoms with Crippen LogP contribution in [0.1, 0.15) is 59.7 Å². The lowest BCUT2D eigenvalue weighted by Gasteiger charge is -2.35. The number of likely N-dealkylation sites (tertiary alicyclic amines) is 1. The molecule has 0 radical (unpaired) electrons. The van der Waals surface area contributed by atoms with Crippen LogP contribution < -0.4 is 22.4 Å². The number of nitrogens with one attached hydrogen (secondary N) is 2. The van der Waals surface area contributed by atoms with Crippen molar-refractivity contribution in [1.29, 1.82) is 0 Å². The number of rotatable bonds is 7. The average Bonchev–Trinajstić information content (AvgIpc) is 2.82. The van der Waals surface area contributed by atoms with Crippen molar-refractivity contribution in [1.82, 2.24) is 15.8 Å². The molecule has 1 heterocycles. The van der Waals surface area contributed by atoms with E-state index in [2.05, 4.69) is 47.1 Å². The van der Waals surface area contributed by atoms with Crippen LogP contribution in [0.3, 0.4) is 0 Å². The molecule has 0 saturated carbocycles. The Kier molecular flexibility index (Phi) is 8.06. The Labute approximate surface area is 195 Å². The summed E-state index contributed by atoms with van der Waals surface area (Å²) in [5.41, 5.74) is 11.5. The molecular formula is C25H34N6O2. The second kappa shape index (κ2) is 11.0. The molecule has 1 unspecified atom stereocenters. The van der Waals surface area contributed by atoms with Crippen LogP contribution in [0.2, 0.25) is 0 Å². The zero-order chi connectivity index (χ0) is 24.0. The molecule has 0 aliphatic carbocycles. The molecule has 8 nitrogen and oxygen atoms in total. The molecule has 1 saturated heterocycles. The fourth-order valence-electron chi connectivity index (χ4n) is 4.16. The first-order valence-electron chi connectivity index (χ1n) is 11.4. The molecule has 2 amide bonds. The molecule has 0 aromatic heterocycles. The number of carbonyl (C=O) groups excluding carboxylic acids is 2. The van der Waals surface area contributed by atoms with E-state index in [1.807, 2.05) is 18.7 Å². The van der Waals surface area contributed by atoms with Gasteiger partial charge < -0.3 is 16.0 Å². The van der Waals surface area contributed by atoms with Gasteiger partial charge in [0.15, 0.2) is 5.84 Å². The molecule has 1 aliphatic heterocycles. The number of aryl methyl sites for hydroxylation is 1. The Morgan fingerprint density at radius 3 is 2.30 bits per heavy atom. The molecule has 0 spiro atoms. The monoisotopic (exact) mass is 450 g/mol. The second-order valence-corrected chi connectivity index (χ2v) is 8.91. The van der Waals surface area contributed by atoms with Crippen LogP contribution in [0.15, 0.2) is 53.6 Å². The summed E-state index contributed by atoms with van der Waals surface area (Å²) in [5.74, 6) is 5.39. The van der Waals surface area contributed by atoms with Crippen molar-refractivity contribution in [3.63, 3.8) is 0 Å². The Morgan fingerprint density at radius 2 is 1.70 bits per heavy atom. The SMILES string of the molecule is Cc1ccc(C2CCN(C(=O)C(NC(=O)c3cccc(C(N)=NNN)c3)C(C)C)CC2)cc1. The quantitative estimate of drug-likeness (QED) is 0.223. The number of amides is 2. The first-order chi connectivity index (χ1) is 15.8. The van der Waals surface area contributed by atoms with Crippen molar-refractivity contribution in [2.75, 3.05) is 13.1 Å². The van der Waals surface area contributed by atoms with Crippen molar-refractivity contribution in [3.05, 3.63) is 70.8 Å². The molecule has 0 bridgehead atoms. The lowest BCUT2D eigenvalue weighted by atomic mass is 9.88. The van der Waals surface area contributed by atoms with Crippen molar-refractivity contribution in [2.45, 2.75) is 45.6 Å². The number of hydrazone groups is 1. The summed E-state index contributed by atoms with van der Waals surface area (Å²) >= 11 is 0. The number of hydrogen-bond donors (Lipinski definition) is 4. The number of benzene rings is 2. The van der Waals surface area contributed by atoms with Gasteiger partial charge in [0.2, 0.25) is 5.91 Å². The summed E-state index contributed by atoms with van der Waals surface area (Å²) in [4.78, 5) is 28.1. The van der Waals surface area contributed by atoms with E-state index in [0.717, 1.165) is 12.8 Å². The summed E-state index contributed by atoms with van der Waals surface area (Å²) in [6, 6.07) is 14.8. The van der Waals surface area contributed by atoms with Gasteiger partial charge in [0.1, 0.15) is 6.04 Å². The van der Waals surface area contributed by atoms with Crippen molar-refractivity contribution in [3.8, 4) is 0 Å². The zero-order valence-corrected chi connectivity index (χ0v) is 19.5. The molecule has 33 heavy (non-hydrogen) atoms. The smallest absolute Gasteiger partial charge is 0.251 e. The maximum absolute atomic E-state index is 13.3. The largest absolute Gasteiger partial charge is 0.382 e. The number of hydrazine groups is 1. The average molecular weight is 451 g/mol. The third-order valence-electron chi connectivity index (χ3n) is 6.18. The molecule has 8 heteroatoms. The predicted octanol–water partition coefficient (Wildman–Crippen LogP) is 2.24. The summed E-state index contributed by atoms with van der Waals surface area (Å²) in [6.07, 6.45) is 1.84. The van der Waals surface area contributed by atoms with Crippen LogP contribution in [0.5, 0.6) is 0 Å². The minimum Gasteiger partial charge on any atom is -0.382 e. The Hall–Kier alpha value is -3.39. The highest BCUT2D eigenvalue weighted by molar-refractivity contribution is 6.02. The van der Waals surface area contributed by atoms with Gasteiger partial charge in [0.25, 0.3) is 5.91 Å². The highest BCUT2D eigenvalue weighted by atomic mass is 16.2. The summed E-state index contributed by atoms with van der Waals surface area (Å²) in [7, 11) is 0. The predicted molar refractivity (Wildman–Crippen MR) is 130 cm³/mol. The molecule has 1 atom stereocenters. The number of hydrogen-bond acceptors (Lipinski definition) is 5. The van der Waals surface area contributed by atoms with E-state index < -0.39 is 6.04 Å². The van der Waals surface area contributed by atoms with E-state index in [9.17, 15) is 9.59 Å². The maximum Gasteiger partial charge on any atom is 0.251 e. The molecule has 3 rings (SSSR count). The molecule has 1 aliphatic rings. The van der Waals surface area contributed by atoms with Gasteiger partial charge in [-0.05, 0) is 49.3 Å². The Morgan fingerprint density at radius 1 is 1.06 bits per heavy atom. The molecule has 2 aromatic rings. The number of piperidine rings is 1. The topological polar surface area (TPSA) is 126 Å². The second-order valence-electron chi connectivity index (χ2n) is 8.91. The fraction of sp³-hybridized carbons (Fsp3) is 0.400. The standard InChI is InChI=1S/C25H34N6O2/c1-16(2)22(28-24(32)21-6-4-5-20(15-21)23(26)29-30-27)25(33)31-13-11-19(12-14-31)18-9-7-17(3)8-10-18/h4-10,15-16,19,22,30H,11-14,27H2,1-3H3,(H2,26,29)(H,28,32). The van der Waals surface area contributed by atoms with Gasteiger partial charge in [-0.25, -0.2) is 11.4 Å². The number of nitrogens with zero attached hydrogens (tertiary/aromatic N) is 2. The van der Waals surface area contributed by atoms with Gasteiger partial charge in [0, 0.05) is 24.2 Å². The van der Waals surface area contributed by atoms with E-state index >= 15 is 0 Å². The lowest BCUT2D eigenvalue weighted by molar-refractivity contribution is -0.135. The third-order valence-corrected chi connectivity index (χ3v) is 6.18. The van der Waals surface area contributed by atoms with Crippen LogP contribution in [-0.2, 0) is 4.79 Å². The van der Waals surface area contributed by atoms with Gasteiger partial charge in [-0.3, -0.25) is 9.59 Å². The number of nitrogens with two attached hydrogens (primary N) is 2. The third kappa shape index (κ3) is 6.10. The van der Waals surface area contributed by atoms with E-state index in [1.165, 1.54) is 11.1 Å². The Bertz CT molecular complexity index is 994. The molecule has 6 N–H and O–H groups in total.